The third-order valence-electron chi connectivity index (χ3n) is 11.8. The van der Waals surface area contributed by atoms with Crippen molar-refractivity contribution < 1.29 is 4.42 Å². The molecule has 0 N–H and O–H groups in total. The minimum Gasteiger partial charge on any atom is -0.455 e. The van der Waals surface area contributed by atoms with E-state index in [9.17, 15) is 0 Å². The molecule has 0 aliphatic heterocycles. The first-order valence-corrected chi connectivity index (χ1v) is 20.6. The molecular weight excluding hydrogens is 741 g/mol. The van der Waals surface area contributed by atoms with Gasteiger partial charge >= 0.3 is 0 Å². The van der Waals surface area contributed by atoms with Gasteiger partial charge in [-0.05, 0) is 53.2 Å². The third kappa shape index (κ3) is 4.81. The molecule has 0 spiro atoms. The van der Waals surface area contributed by atoms with Crippen LogP contribution in [0.2, 0.25) is 0 Å². The van der Waals surface area contributed by atoms with E-state index in [0.29, 0.717) is 17.5 Å². The summed E-state index contributed by atoms with van der Waals surface area (Å²) in [4.78, 5) is 15.8. The molecule has 5 nitrogen and oxygen atoms in total. The zero-order valence-electron chi connectivity index (χ0n) is 31.4. The summed E-state index contributed by atoms with van der Waals surface area (Å²) in [6.45, 7) is 0. The van der Waals surface area contributed by atoms with Gasteiger partial charge in [0.15, 0.2) is 17.5 Å². The van der Waals surface area contributed by atoms with Gasteiger partial charge in [-0.2, -0.15) is 0 Å². The van der Waals surface area contributed by atoms with Crippen molar-refractivity contribution in [3.05, 3.63) is 182 Å². The van der Waals surface area contributed by atoms with E-state index in [1.54, 1.807) is 11.3 Å². The Morgan fingerprint density at radius 1 is 0.424 bits per heavy atom. The van der Waals surface area contributed by atoms with Crippen molar-refractivity contribution >= 4 is 96.8 Å². The summed E-state index contributed by atoms with van der Waals surface area (Å²) in [7, 11) is 0. The van der Waals surface area contributed by atoms with Crippen LogP contribution in [0.3, 0.4) is 0 Å². The number of hydrogen-bond acceptors (Lipinski definition) is 5. The maximum atomic E-state index is 6.88. The molecular formula is C53H30N4OS. The molecule has 0 aliphatic carbocycles. The van der Waals surface area contributed by atoms with Gasteiger partial charge in [0.05, 0.1) is 16.7 Å². The Morgan fingerprint density at radius 2 is 1.07 bits per heavy atom. The number of hydrogen-bond donors (Lipinski definition) is 0. The van der Waals surface area contributed by atoms with E-state index in [0.717, 1.165) is 70.8 Å². The number of nitrogens with zero attached hydrogens (tertiary/aromatic N) is 4. The lowest BCUT2D eigenvalue weighted by molar-refractivity contribution is 0.672. The molecule has 0 saturated heterocycles. The Morgan fingerprint density at radius 3 is 1.93 bits per heavy atom. The predicted molar refractivity (Wildman–Crippen MR) is 246 cm³/mol. The maximum absolute atomic E-state index is 6.88. The van der Waals surface area contributed by atoms with E-state index in [-0.39, 0.29) is 0 Å². The van der Waals surface area contributed by atoms with Gasteiger partial charge in [0.1, 0.15) is 11.2 Å². The Labute approximate surface area is 341 Å². The second-order valence-corrected chi connectivity index (χ2v) is 16.2. The minimum atomic E-state index is 0.596. The molecule has 0 fully saturated rings. The van der Waals surface area contributed by atoms with Crippen LogP contribution < -0.4 is 0 Å². The highest BCUT2D eigenvalue weighted by Gasteiger charge is 2.23. The average Bonchev–Trinajstić information content (AvgIpc) is 3.98. The second kappa shape index (κ2) is 12.4. The Bertz CT molecular complexity index is 3860. The first-order valence-electron chi connectivity index (χ1n) is 19.8. The quantitative estimate of drug-likeness (QED) is 0.179. The van der Waals surface area contributed by atoms with Crippen LogP contribution in [0.25, 0.3) is 125 Å². The highest BCUT2D eigenvalue weighted by molar-refractivity contribution is 7.26. The van der Waals surface area contributed by atoms with E-state index in [4.69, 9.17) is 19.4 Å². The monoisotopic (exact) mass is 770 g/mol. The van der Waals surface area contributed by atoms with Crippen molar-refractivity contribution in [3.8, 4) is 39.9 Å². The molecule has 0 radical (unpaired) electrons. The molecule has 4 aromatic heterocycles. The van der Waals surface area contributed by atoms with Crippen molar-refractivity contribution in [1.82, 2.24) is 19.5 Å². The lowest BCUT2D eigenvalue weighted by atomic mass is 10.0. The number of furan rings is 1. The fraction of sp³-hybridized carbons (Fsp3) is 0. The lowest BCUT2D eigenvalue weighted by Crippen LogP contribution is -2.00. The van der Waals surface area contributed by atoms with Gasteiger partial charge in [0, 0.05) is 69.2 Å². The zero-order valence-corrected chi connectivity index (χ0v) is 32.2. The summed E-state index contributed by atoms with van der Waals surface area (Å²) in [5, 5.41) is 11.4. The van der Waals surface area contributed by atoms with Crippen molar-refractivity contribution in [2.75, 3.05) is 0 Å². The van der Waals surface area contributed by atoms with Crippen molar-refractivity contribution in [2.24, 2.45) is 0 Å². The van der Waals surface area contributed by atoms with Crippen LogP contribution in [-0.4, -0.2) is 19.5 Å². The van der Waals surface area contributed by atoms with E-state index >= 15 is 0 Å². The standard InChI is InChI=1S/C53H30N4OS/c1-2-14-31(15-3-1)51-54-52(56-53(55-51)40-24-12-22-38-36-20-9-11-27-47(36)59-50(38)40)39-23-13-26-46-48(39)42-30-45(34-18-6-7-21-37(34)49(42)58-46)57-43-25-10-8-19-35(43)41-28-32-16-4-5-17-33(32)29-44(41)57/h1-30H. The molecule has 6 heteroatoms. The topological polar surface area (TPSA) is 56.7 Å². The summed E-state index contributed by atoms with van der Waals surface area (Å²) < 4.78 is 11.7. The number of aromatic nitrogens is 4. The summed E-state index contributed by atoms with van der Waals surface area (Å²) in [5.41, 5.74) is 7.82. The van der Waals surface area contributed by atoms with Crippen LogP contribution in [0, 0.1) is 0 Å². The van der Waals surface area contributed by atoms with E-state index < -0.39 is 0 Å². The summed E-state index contributed by atoms with van der Waals surface area (Å²) >= 11 is 1.78. The molecule has 9 aromatic carbocycles. The first-order chi connectivity index (χ1) is 29.2. The van der Waals surface area contributed by atoms with Crippen LogP contribution in [0.4, 0.5) is 0 Å². The van der Waals surface area contributed by atoms with E-state index in [1.807, 2.05) is 24.3 Å². The molecule has 0 unspecified atom stereocenters. The molecule has 0 atom stereocenters. The molecule has 0 aliphatic rings. The molecule has 0 amide bonds. The van der Waals surface area contributed by atoms with Crippen LogP contribution in [0.15, 0.2) is 186 Å². The second-order valence-electron chi connectivity index (χ2n) is 15.1. The van der Waals surface area contributed by atoms with Gasteiger partial charge in [-0.1, -0.05) is 140 Å². The van der Waals surface area contributed by atoms with Crippen LogP contribution in [0.5, 0.6) is 0 Å². The number of thiophene rings is 1. The number of fused-ring (bicyclic) bond motifs is 12. The highest BCUT2D eigenvalue weighted by Crippen LogP contribution is 2.45. The first kappa shape index (κ1) is 32.4. The number of rotatable bonds is 4. The SMILES string of the molecule is c1ccc(-c2nc(-c3cccc4c3sc3ccccc34)nc(-c3cccc4oc5c6ccccc6c(-n6c7ccccc7c7cc8ccccc8cc76)cc5c34)n2)cc1. The van der Waals surface area contributed by atoms with Gasteiger partial charge in [-0.15, -0.1) is 11.3 Å². The van der Waals surface area contributed by atoms with Gasteiger partial charge in [-0.25, -0.2) is 15.0 Å². The molecule has 13 rings (SSSR count). The maximum Gasteiger partial charge on any atom is 0.165 e. The molecule has 0 saturated carbocycles. The highest BCUT2D eigenvalue weighted by atomic mass is 32.1. The molecule has 59 heavy (non-hydrogen) atoms. The van der Waals surface area contributed by atoms with Gasteiger partial charge in [0.25, 0.3) is 0 Å². The molecule has 13 aromatic rings. The van der Waals surface area contributed by atoms with Crippen LogP contribution >= 0.6 is 11.3 Å². The smallest absolute Gasteiger partial charge is 0.165 e. The van der Waals surface area contributed by atoms with E-state index in [1.165, 1.54) is 37.0 Å². The third-order valence-corrected chi connectivity index (χ3v) is 13.0. The predicted octanol–water partition coefficient (Wildman–Crippen LogP) is 14.5. The molecule has 4 heterocycles. The average molecular weight is 771 g/mol. The fourth-order valence-corrected chi connectivity index (χ4v) is 10.4. The van der Waals surface area contributed by atoms with Crippen molar-refractivity contribution in [1.29, 1.82) is 0 Å². The number of para-hydroxylation sites is 1. The Hall–Kier alpha value is -7.67. The summed E-state index contributed by atoms with van der Waals surface area (Å²) in [5.74, 6) is 1.86. The van der Waals surface area contributed by atoms with Gasteiger partial charge in [0.2, 0.25) is 0 Å². The number of benzene rings is 9. The normalized spacial score (nSPS) is 12.1. The largest absolute Gasteiger partial charge is 0.455 e. The van der Waals surface area contributed by atoms with Crippen molar-refractivity contribution in [2.45, 2.75) is 0 Å². The van der Waals surface area contributed by atoms with Gasteiger partial charge < -0.3 is 8.98 Å². The van der Waals surface area contributed by atoms with Crippen LogP contribution in [-0.2, 0) is 0 Å². The van der Waals surface area contributed by atoms with Crippen molar-refractivity contribution in [3.63, 3.8) is 0 Å². The lowest BCUT2D eigenvalue weighted by Gasteiger charge is -2.13. The molecule has 274 valence electrons. The van der Waals surface area contributed by atoms with Gasteiger partial charge in [-0.3, -0.25) is 0 Å². The van der Waals surface area contributed by atoms with Crippen LogP contribution in [0.1, 0.15) is 0 Å². The Balaban J connectivity index is 1.12. The summed E-state index contributed by atoms with van der Waals surface area (Å²) in [6.07, 6.45) is 0. The fourth-order valence-electron chi connectivity index (χ4n) is 9.17. The molecule has 0 bridgehead atoms. The minimum absolute atomic E-state index is 0.596. The summed E-state index contributed by atoms with van der Waals surface area (Å²) in [6, 6.07) is 64.3. The zero-order chi connectivity index (χ0) is 38.6. The van der Waals surface area contributed by atoms with E-state index in [2.05, 4.69) is 162 Å². The Kier molecular flexibility index (Phi) is 6.82.